The molecular weight excluding hydrogens is 247 g/mol. The summed E-state index contributed by atoms with van der Waals surface area (Å²) in [5.74, 6) is 0. The van der Waals surface area contributed by atoms with Crippen molar-refractivity contribution in [2.75, 3.05) is 12.3 Å². The van der Waals surface area contributed by atoms with Gasteiger partial charge in [-0.1, -0.05) is 23.2 Å². The summed E-state index contributed by atoms with van der Waals surface area (Å²) in [6, 6.07) is 3.62. The lowest BCUT2D eigenvalue weighted by molar-refractivity contribution is 0.187. The molecule has 1 aromatic carbocycles. The first-order valence-electron chi connectivity index (χ1n) is 5.07. The number of hydrogen-bond acceptors (Lipinski definition) is 3. The highest BCUT2D eigenvalue weighted by Crippen LogP contribution is 2.31. The third-order valence-electron chi connectivity index (χ3n) is 2.32. The summed E-state index contributed by atoms with van der Waals surface area (Å²) in [6.45, 7) is 4.21. The van der Waals surface area contributed by atoms with E-state index in [1.807, 2.05) is 6.92 Å². The summed E-state index contributed by atoms with van der Waals surface area (Å²) in [6.07, 6.45) is -0.387. The lowest BCUT2D eigenvalue weighted by Gasteiger charge is -2.16. The molecule has 0 saturated carbocycles. The fourth-order valence-electron chi connectivity index (χ4n) is 1.32. The lowest BCUT2D eigenvalue weighted by Crippen LogP contribution is -2.27. The number of anilines is 1. The van der Waals surface area contributed by atoms with E-state index in [1.54, 1.807) is 19.1 Å². The Kier molecular flexibility index (Phi) is 4.87. The summed E-state index contributed by atoms with van der Waals surface area (Å²) in [4.78, 5) is 0. The van der Waals surface area contributed by atoms with Crippen LogP contribution in [0.15, 0.2) is 12.1 Å². The second-order valence-electron chi connectivity index (χ2n) is 3.88. The Morgan fingerprint density at radius 2 is 1.81 bits per heavy atom. The van der Waals surface area contributed by atoms with Crippen LogP contribution in [-0.4, -0.2) is 17.8 Å². The van der Waals surface area contributed by atoms with E-state index in [4.69, 9.17) is 34.0 Å². The Bertz CT molecular complexity index is 346. The Morgan fingerprint density at radius 3 is 2.25 bits per heavy atom. The molecule has 0 aromatic heterocycles. The van der Waals surface area contributed by atoms with Crippen molar-refractivity contribution in [3.8, 4) is 0 Å². The zero-order valence-corrected chi connectivity index (χ0v) is 10.8. The van der Waals surface area contributed by atoms with Crippen LogP contribution in [0.25, 0.3) is 0 Å². The van der Waals surface area contributed by atoms with E-state index in [2.05, 4.69) is 5.32 Å². The predicted molar refractivity (Wildman–Crippen MR) is 69.0 cm³/mol. The summed E-state index contributed by atoms with van der Waals surface area (Å²) in [5.41, 5.74) is 7.00. The van der Waals surface area contributed by atoms with Gasteiger partial charge in [0.1, 0.15) is 0 Å². The Hall–Kier alpha value is -0.480. The molecule has 2 unspecified atom stereocenters. The van der Waals surface area contributed by atoms with Gasteiger partial charge in [0, 0.05) is 12.6 Å². The third kappa shape index (κ3) is 3.52. The number of rotatable bonds is 4. The molecule has 0 aliphatic heterocycles. The standard InChI is InChI=1S/C11H16Cl2N2O/c1-6(16)5-15-7(2)8-3-9(12)11(14)10(13)4-8/h3-4,6-7,15-16H,5,14H2,1-2H3. The quantitative estimate of drug-likeness (QED) is 0.732. The summed E-state index contributed by atoms with van der Waals surface area (Å²) in [7, 11) is 0. The molecule has 0 spiro atoms. The molecule has 5 heteroatoms. The van der Waals surface area contributed by atoms with Crippen molar-refractivity contribution >= 4 is 28.9 Å². The Balaban J connectivity index is 2.80. The molecule has 0 radical (unpaired) electrons. The number of nitrogens with one attached hydrogen (secondary N) is 1. The van der Waals surface area contributed by atoms with Crippen LogP contribution in [0.4, 0.5) is 5.69 Å². The largest absolute Gasteiger partial charge is 0.396 e. The van der Waals surface area contributed by atoms with Gasteiger partial charge in [-0.3, -0.25) is 0 Å². The average Bonchev–Trinajstić information content (AvgIpc) is 2.21. The first kappa shape index (κ1) is 13.6. The van der Waals surface area contributed by atoms with Crippen LogP contribution < -0.4 is 11.1 Å². The predicted octanol–water partition coefficient (Wildman–Crippen LogP) is 2.61. The van der Waals surface area contributed by atoms with Gasteiger partial charge in [0.05, 0.1) is 21.8 Å². The molecule has 2 atom stereocenters. The van der Waals surface area contributed by atoms with Crippen LogP contribution in [0.5, 0.6) is 0 Å². The van der Waals surface area contributed by atoms with Gasteiger partial charge in [0.15, 0.2) is 0 Å². The fraction of sp³-hybridized carbons (Fsp3) is 0.455. The van der Waals surface area contributed by atoms with E-state index < -0.39 is 0 Å². The maximum atomic E-state index is 9.17. The fourth-order valence-corrected chi connectivity index (χ4v) is 1.82. The highest BCUT2D eigenvalue weighted by Gasteiger charge is 2.10. The summed E-state index contributed by atoms with van der Waals surface area (Å²) >= 11 is 11.9. The Morgan fingerprint density at radius 1 is 1.31 bits per heavy atom. The number of aliphatic hydroxyl groups excluding tert-OH is 1. The second kappa shape index (κ2) is 5.73. The molecule has 4 N–H and O–H groups in total. The number of nitrogen functional groups attached to an aromatic ring is 1. The van der Waals surface area contributed by atoms with Crippen LogP contribution in [0.3, 0.4) is 0 Å². The maximum absolute atomic E-state index is 9.17. The molecule has 0 amide bonds. The van der Waals surface area contributed by atoms with Crippen LogP contribution >= 0.6 is 23.2 Å². The Labute approximate surface area is 106 Å². The van der Waals surface area contributed by atoms with Crippen molar-refractivity contribution in [2.45, 2.75) is 26.0 Å². The van der Waals surface area contributed by atoms with Gasteiger partial charge in [-0.25, -0.2) is 0 Å². The van der Waals surface area contributed by atoms with Crippen molar-refractivity contribution in [3.63, 3.8) is 0 Å². The average molecular weight is 263 g/mol. The minimum absolute atomic E-state index is 0.0604. The van der Waals surface area contributed by atoms with Crippen molar-refractivity contribution in [3.05, 3.63) is 27.7 Å². The van der Waals surface area contributed by atoms with Crippen molar-refractivity contribution in [2.24, 2.45) is 0 Å². The zero-order chi connectivity index (χ0) is 12.3. The van der Waals surface area contributed by atoms with Crippen LogP contribution in [-0.2, 0) is 0 Å². The van der Waals surface area contributed by atoms with Crippen molar-refractivity contribution in [1.82, 2.24) is 5.32 Å². The van der Waals surface area contributed by atoms with E-state index >= 15 is 0 Å². The molecule has 0 aliphatic carbocycles. The molecule has 1 aromatic rings. The third-order valence-corrected chi connectivity index (χ3v) is 2.95. The topological polar surface area (TPSA) is 58.3 Å². The van der Waals surface area contributed by atoms with Crippen LogP contribution in [0.1, 0.15) is 25.5 Å². The molecule has 90 valence electrons. The van der Waals surface area contributed by atoms with E-state index in [9.17, 15) is 0 Å². The number of aliphatic hydroxyl groups is 1. The molecule has 0 saturated heterocycles. The monoisotopic (exact) mass is 262 g/mol. The number of halogens is 2. The summed E-state index contributed by atoms with van der Waals surface area (Å²) < 4.78 is 0. The first-order chi connectivity index (χ1) is 7.41. The van der Waals surface area contributed by atoms with Gasteiger partial charge < -0.3 is 16.2 Å². The minimum atomic E-state index is -0.387. The number of hydrogen-bond donors (Lipinski definition) is 3. The van der Waals surface area contributed by atoms with Crippen molar-refractivity contribution < 1.29 is 5.11 Å². The number of nitrogens with two attached hydrogens (primary N) is 1. The zero-order valence-electron chi connectivity index (χ0n) is 9.30. The van der Waals surface area contributed by atoms with Gasteiger partial charge in [-0.15, -0.1) is 0 Å². The maximum Gasteiger partial charge on any atom is 0.0693 e. The smallest absolute Gasteiger partial charge is 0.0693 e. The van der Waals surface area contributed by atoms with Gasteiger partial charge >= 0.3 is 0 Å². The molecular formula is C11H16Cl2N2O. The van der Waals surface area contributed by atoms with E-state index in [-0.39, 0.29) is 12.1 Å². The summed E-state index contributed by atoms with van der Waals surface area (Å²) in [5, 5.41) is 13.2. The molecule has 0 bridgehead atoms. The van der Waals surface area contributed by atoms with Crippen LogP contribution in [0, 0.1) is 0 Å². The normalized spacial score (nSPS) is 14.8. The highest BCUT2D eigenvalue weighted by molar-refractivity contribution is 6.38. The van der Waals surface area contributed by atoms with Gasteiger partial charge in [0.25, 0.3) is 0 Å². The molecule has 0 fully saturated rings. The number of benzene rings is 1. The minimum Gasteiger partial charge on any atom is -0.396 e. The molecule has 0 heterocycles. The van der Waals surface area contributed by atoms with Gasteiger partial charge in [-0.2, -0.15) is 0 Å². The van der Waals surface area contributed by atoms with Gasteiger partial charge in [-0.05, 0) is 31.5 Å². The SMILES string of the molecule is CC(O)CNC(C)c1cc(Cl)c(N)c(Cl)c1. The molecule has 16 heavy (non-hydrogen) atoms. The highest BCUT2D eigenvalue weighted by atomic mass is 35.5. The van der Waals surface area contributed by atoms with E-state index in [0.29, 0.717) is 22.3 Å². The molecule has 0 aliphatic rings. The van der Waals surface area contributed by atoms with E-state index in [1.165, 1.54) is 0 Å². The van der Waals surface area contributed by atoms with Crippen LogP contribution in [0.2, 0.25) is 10.0 Å². The second-order valence-corrected chi connectivity index (χ2v) is 4.69. The molecule has 3 nitrogen and oxygen atoms in total. The first-order valence-corrected chi connectivity index (χ1v) is 5.83. The molecule has 1 rings (SSSR count). The lowest BCUT2D eigenvalue weighted by atomic mass is 10.1. The van der Waals surface area contributed by atoms with Gasteiger partial charge in [0.2, 0.25) is 0 Å². The van der Waals surface area contributed by atoms with Crippen molar-refractivity contribution in [1.29, 1.82) is 0 Å². The van der Waals surface area contributed by atoms with E-state index in [0.717, 1.165) is 5.56 Å².